The van der Waals surface area contributed by atoms with Gasteiger partial charge in [-0.2, -0.15) is 0 Å². The number of nitrogens with one attached hydrogen (secondary N) is 1. The molecule has 42 heavy (non-hydrogen) atoms. The van der Waals surface area contributed by atoms with Crippen molar-refractivity contribution in [3.63, 3.8) is 0 Å². The highest BCUT2D eigenvalue weighted by atomic mass is 16.6. The van der Waals surface area contributed by atoms with E-state index in [1.165, 1.54) is 25.3 Å². The molecule has 0 radical (unpaired) electrons. The molecule has 0 aliphatic carbocycles. The van der Waals surface area contributed by atoms with E-state index < -0.39 is 22.8 Å². The Hall–Kier alpha value is -4.77. The zero-order valence-electron chi connectivity index (χ0n) is 23.9. The molecule has 4 rings (SSSR count). The summed E-state index contributed by atoms with van der Waals surface area (Å²) in [5.41, 5.74) is 2.53. The first-order valence-electron chi connectivity index (χ1n) is 13.6. The number of dihydropyridines is 1. The summed E-state index contributed by atoms with van der Waals surface area (Å²) in [6.07, 6.45) is 3.38. The average Bonchev–Trinajstić information content (AvgIpc) is 3.00. The van der Waals surface area contributed by atoms with Crippen molar-refractivity contribution in [1.82, 2.24) is 15.1 Å². The van der Waals surface area contributed by atoms with Gasteiger partial charge in [-0.3, -0.25) is 19.8 Å². The molecule has 1 saturated heterocycles. The number of nitro groups is 1. The van der Waals surface area contributed by atoms with Gasteiger partial charge < -0.3 is 19.7 Å². The maximum Gasteiger partial charge on any atom is 0.336 e. The van der Waals surface area contributed by atoms with Gasteiger partial charge in [-0.15, -0.1) is 0 Å². The van der Waals surface area contributed by atoms with Gasteiger partial charge in [0.1, 0.15) is 6.61 Å². The van der Waals surface area contributed by atoms with Gasteiger partial charge in [0.05, 0.1) is 29.1 Å². The highest BCUT2D eigenvalue weighted by Crippen LogP contribution is 2.40. The van der Waals surface area contributed by atoms with E-state index in [4.69, 9.17) is 9.47 Å². The Kier molecular flexibility index (Phi) is 9.87. The van der Waals surface area contributed by atoms with Crippen molar-refractivity contribution in [3.05, 3.63) is 104 Å². The second-order valence-corrected chi connectivity index (χ2v) is 10.0. The van der Waals surface area contributed by atoms with Crippen molar-refractivity contribution in [2.45, 2.75) is 19.8 Å². The summed E-state index contributed by atoms with van der Waals surface area (Å²) in [5, 5.41) is 14.5. The summed E-state index contributed by atoms with van der Waals surface area (Å²) in [6.45, 7) is 6.32. The summed E-state index contributed by atoms with van der Waals surface area (Å²) >= 11 is 0. The smallest absolute Gasteiger partial charge is 0.336 e. The number of methoxy groups -OCH3 is 1. The second kappa shape index (κ2) is 13.7. The lowest BCUT2D eigenvalue weighted by molar-refractivity contribution is -0.384. The van der Waals surface area contributed by atoms with Gasteiger partial charge in [-0.25, -0.2) is 9.59 Å². The van der Waals surface area contributed by atoms with Crippen LogP contribution in [0.5, 0.6) is 0 Å². The molecule has 11 nitrogen and oxygen atoms in total. The number of nitro benzene ring substituents is 1. The Labute approximate surface area is 244 Å². The van der Waals surface area contributed by atoms with Crippen LogP contribution < -0.4 is 5.32 Å². The van der Waals surface area contributed by atoms with E-state index >= 15 is 0 Å². The van der Waals surface area contributed by atoms with Gasteiger partial charge in [0.25, 0.3) is 5.69 Å². The molecule has 0 saturated carbocycles. The number of carbonyl (C=O) groups is 3. The highest BCUT2D eigenvalue weighted by molar-refractivity contribution is 6.00. The molecule has 1 unspecified atom stereocenters. The molecule has 2 heterocycles. The zero-order chi connectivity index (χ0) is 30.2. The molecule has 0 bridgehead atoms. The number of carbonyl (C=O) groups excluding carboxylic acids is 3. The number of rotatable bonds is 9. The van der Waals surface area contributed by atoms with Crippen LogP contribution in [0.2, 0.25) is 0 Å². The van der Waals surface area contributed by atoms with Crippen LogP contribution in [-0.2, 0) is 23.9 Å². The van der Waals surface area contributed by atoms with Crippen molar-refractivity contribution >= 4 is 29.6 Å². The third kappa shape index (κ3) is 7.10. The number of hydrogen-bond acceptors (Lipinski definition) is 9. The third-order valence-corrected chi connectivity index (χ3v) is 7.34. The minimum atomic E-state index is -0.912. The van der Waals surface area contributed by atoms with Crippen LogP contribution in [0.25, 0.3) is 6.08 Å². The fourth-order valence-electron chi connectivity index (χ4n) is 5.17. The maximum atomic E-state index is 13.4. The van der Waals surface area contributed by atoms with Crippen LogP contribution in [0.4, 0.5) is 5.69 Å². The molecule has 11 heteroatoms. The molecule has 2 aliphatic rings. The van der Waals surface area contributed by atoms with Crippen LogP contribution in [0.3, 0.4) is 0 Å². The molecule has 1 N–H and O–H groups in total. The van der Waals surface area contributed by atoms with Gasteiger partial charge in [-0.05, 0) is 31.1 Å². The van der Waals surface area contributed by atoms with Crippen molar-refractivity contribution < 1.29 is 28.8 Å². The molecule has 2 aliphatic heterocycles. The summed E-state index contributed by atoms with van der Waals surface area (Å²) in [6, 6.07) is 15.5. The molecule has 1 atom stereocenters. The van der Waals surface area contributed by atoms with Crippen molar-refractivity contribution in [3.8, 4) is 0 Å². The van der Waals surface area contributed by atoms with E-state index in [0.29, 0.717) is 49.7 Å². The van der Waals surface area contributed by atoms with Gasteiger partial charge in [0.15, 0.2) is 0 Å². The Morgan fingerprint density at radius 2 is 1.64 bits per heavy atom. The highest BCUT2D eigenvalue weighted by Gasteiger charge is 2.38. The third-order valence-electron chi connectivity index (χ3n) is 7.34. The molecule has 1 amide bonds. The lowest BCUT2D eigenvalue weighted by atomic mass is 9.80. The predicted octanol–water partition coefficient (Wildman–Crippen LogP) is 3.40. The summed E-state index contributed by atoms with van der Waals surface area (Å²) in [7, 11) is 1.24. The first-order chi connectivity index (χ1) is 20.2. The SMILES string of the molecule is COC(=O)C1=C(C)NC(C)=C(C(=O)OCCN2CCN(C(=O)C=Cc3ccccc3)CC2)C1c1cccc([N+](=O)[O-])c1. The van der Waals surface area contributed by atoms with Gasteiger partial charge >= 0.3 is 11.9 Å². The van der Waals surface area contributed by atoms with Gasteiger partial charge in [-0.1, -0.05) is 42.5 Å². The number of ether oxygens (including phenoxy) is 2. The Morgan fingerprint density at radius 3 is 2.29 bits per heavy atom. The van der Waals surface area contributed by atoms with E-state index in [1.807, 2.05) is 30.3 Å². The second-order valence-electron chi connectivity index (χ2n) is 10.0. The predicted molar refractivity (Wildman–Crippen MR) is 156 cm³/mol. The van der Waals surface area contributed by atoms with Crippen molar-refractivity contribution in [2.24, 2.45) is 0 Å². The Bertz CT molecular complexity index is 1440. The summed E-state index contributed by atoms with van der Waals surface area (Å²) in [5.74, 6) is -2.25. The van der Waals surface area contributed by atoms with Crippen LogP contribution >= 0.6 is 0 Å². The minimum absolute atomic E-state index is 0.0471. The van der Waals surface area contributed by atoms with Crippen LogP contribution in [0, 0.1) is 10.1 Å². The van der Waals surface area contributed by atoms with Crippen LogP contribution in [0.15, 0.2) is 83.2 Å². The van der Waals surface area contributed by atoms with Gasteiger partial charge in [0, 0.05) is 62.3 Å². The fraction of sp³-hybridized carbons (Fsp3) is 0.323. The molecular formula is C31H34N4O7. The number of non-ortho nitro benzene ring substituents is 1. The first-order valence-corrected chi connectivity index (χ1v) is 13.6. The number of esters is 2. The zero-order valence-corrected chi connectivity index (χ0v) is 23.9. The minimum Gasteiger partial charge on any atom is -0.466 e. The number of amides is 1. The number of allylic oxidation sites excluding steroid dienone is 2. The molecule has 2 aromatic rings. The summed E-state index contributed by atoms with van der Waals surface area (Å²) in [4.78, 5) is 53.6. The average molecular weight is 575 g/mol. The maximum absolute atomic E-state index is 13.4. The number of benzene rings is 2. The molecule has 0 aromatic heterocycles. The monoisotopic (exact) mass is 574 g/mol. The van der Waals surface area contributed by atoms with Crippen LogP contribution in [-0.4, -0.2) is 79.0 Å². The fourth-order valence-corrected chi connectivity index (χ4v) is 5.17. The number of hydrogen-bond donors (Lipinski definition) is 1. The van der Waals surface area contributed by atoms with E-state index in [-0.39, 0.29) is 29.3 Å². The van der Waals surface area contributed by atoms with E-state index in [9.17, 15) is 24.5 Å². The first kappa shape index (κ1) is 30.2. The molecule has 1 fully saturated rings. The lowest BCUT2D eigenvalue weighted by Crippen LogP contribution is -2.49. The van der Waals surface area contributed by atoms with E-state index in [2.05, 4.69) is 10.2 Å². The lowest BCUT2D eigenvalue weighted by Gasteiger charge is -2.34. The quantitative estimate of drug-likeness (QED) is 0.207. The van der Waals surface area contributed by atoms with Gasteiger partial charge in [0.2, 0.25) is 5.91 Å². The van der Waals surface area contributed by atoms with Crippen LogP contribution in [0.1, 0.15) is 30.9 Å². The normalized spacial score (nSPS) is 17.7. The molecule has 0 spiro atoms. The van der Waals surface area contributed by atoms with E-state index in [0.717, 1.165) is 5.56 Å². The van der Waals surface area contributed by atoms with Crippen molar-refractivity contribution in [2.75, 3.05) is 46.4 Å². The standard InChI is InChI=1S/C31H34N4O7/c1-21-27(30(37)41-3)29(24-10-7-11-25(20-24)35(39)40)28(22(2)32-21)31(38)42-19-18-33-14-16-34(17-15-33)26(36)13-12-23-8-5-4-6-9-23/h4-13,20,29,32H,14-19H2,1-3H3. The Balaban J connectivity index is 1.39. The molecular weight excluding hydrogens is 540 g/mol. The number of nitrogens with zero attached hydrogens (tertiary/aromatic N) is 3. The van der Waals surface area contributed by atoms with E-state index in [1.54, 1.807) is 37.0 Å². The van der Waals surface area contributed by atoms with Crippen molar-refractivity contribution in [1.29, 1.82) is 0 Å². The topological polar surface area (TPSA) is 131 Å². The molecule has 220 valence electrons. The summed E-state index contributed by atoms with van der Waals surface area (Å²) < 4.78 is 10.7. The molecule has 2 aromatic carbocycles. The number of piperazine rings is 1. The Morgan fingerprint density at radius 1 is 0.976 bits per heavy atom. The largest absolute Gasteiger partial charge is 0.466 e.